The van der Waals surface area contributed by atoms with Crippen LogP contribution in [-0.2, 0) is 0 Å². The highest BCUT2D eigenvalue weighted by Crippen LogP contribution is 2.01. The summed E-state index contributed by atoms with van der Waals surface area (Å²) in [5, 5.41) is 5.63. The quantitative estimate of drug-likeness (QED) is 0.592. The van der Waals surface area contributed by atoms with Crippen LogP contribution in [0.5, 0.6) is 0 Å². The topological polar surface area (TPSA) is 58.9 Å². The second-order valence-corrected chi connectivity index (χ2v) is 1.70. The first-order valence-electron chi connectivity index (χ1n) is 2.41. The number of aromatic nitrogens is 2. The fourth-order valence-corrected chi connectivity index (χ4v) is 0.412. The lowest BCUT2D eigenvalue weighted by atomic mass is 10.4. The van der Waals surface area contributed by atoms with Gasteiger partial charge in [0.05, 0.1) is 0 Å². The van der Waals surface area contributed by atoms with Gasteiger partial charge in [0.25, 0.3) is 0 Å². The van der Waals surface area contributed by atoms with E-state index in [1.807, 2.05) is 0 Å². The number of H-pyrrole nitrogens is 1. The molecular weight excluding hydrogens is 120 g/mol. The molecule has 0 amide bonds. The first kappa shape index (κ1) is 5.81. The minimum absolute atomic E-state index is 0.264. The second kappa shape index (κ2) is 1.89. The van der Waals surface area contributed by atoms with Crippen molar-refractivity contribution >= 4 is 5.57 Å². The lowest BCUT2D eigenvalue weighted by molar-refractivity contribution is 0.500. The van der Waals surface area contributed by atoms with E-state index in [2.05, 4.69) is 21.2 Å². The molecule has 0 atom stereocenters. The molecule has 0 saturated heterocycles. The summed E-state index contributed by atoms with van der Waals surface area (Å²) < 4.78 is 4.52. The Morgan fingerprint density at radius 3 is 2.78 bits per heavy atom. The van der Waals surface area contributed by atoms with Gasteiger partial charge >= 0.3 is 5.76 Å². The molecular formula is C5H6N2O2. The van der Waals surface area contributed by atoms with Crippen molar-refractivity contribution < 1.29 is 4.42 Å². The molecule has 0 unspecified atom stereocenters. The normalized spacial score (nSPS) is 9.44. The van der Waals surface area contributed by atoms with Crippen LogP contribution in [0.1, 0.15) is 12.8 Å². The van der Waals surface area contributed by atoms with Gasteiger partial charge < -0.3 is 4.42 Å². The van der Waals surface area contributed by atoms with E-state index in [-0.39, 0.29) is 5.89 Å². The summed E-state index contributed by atoms with van der Waals surface area (Å²) in [6.45, 7) is 5.23. The Bertz CT molecular complexity index is 270. The smallest absolute Gasteiger partial charge is 0.388 e. The van der Waals surface area contributed by atoms with E-state index in [0.29, 0.717) is 5.57 Å². The van der Waals surface area contributed by atoms with E-state index in [4.69, 9.17) is 0 Å². The summed E-state index contributed by atoms with van der Waals surface area (Å²) in [4.78, 5) is 10.3. The highest BCUT2D eigenvalue weighted by molar-refractivity contribution is 5.51. The maximum absolute atomic E-state index is 10.3. The molecule has 1 aromatic heterocycles. The van der Waals surface area contributed by atoms with Crippen LogP contribution >= 0.6 is 0 Å². The van der Waals surface area contributed by atoms with E-state index in [1.165, 1.54) is 0 Å². The molecule has 9 heavy (non-hydrogen) atoms. The molecule has 0 aliphatic rings. The molecule has 1 N–H and O–H groups in total. The van der Waals surface area contributed by atoms with Gasteiger partial charge in [-0.25, -0.2) is 9.89 Å². The zero-order valence-electron chi connectivity index (χ0n) is 4.97. The molecule has 0 aromatic carbocycles. The summed E-state index contributed by atoms with van der Waals surface area (Å²) in [5.41, 5.74) is 0.633. The summed E-state index contributed by atoms with van der Waals surface area (Å²) in [7, 11) is 0. The van der Waals surface area contributed by atoms with Crippen molar-refractivity contribution in [2.24, 2.45) is 0 Å². The third-order valence-corrected chi connectivity index (χ3v) is 0.803. The molecule has 0 saturated carbocycles. The number of hydrogen-bond acceptors (Lipinski definition) is 3. The Labute approximate surface area is 51.2 Å². The average Bonchev–Trinajstić information content (AvgIpc) is 2.14. The van der Waals surface area contributed by atoms with Crippen LogP contribution in [0.15, 0.2) is 15.8 Å². The molecule has 0 radical (unpaired) electrons. The van der Waals surface area contributed by atoms with E-state index >= 15 is 0 Å². The highest BCUT2D eigenvalue weighted by Gasteiger charge is 1.98. The molecule has 48 valence electrons. The zero-order chi connectivity index (χ0) is 6.85. The number of aromatic amines is 1. The van der Waals surface area contributed by atoms with Crippen molar-refractivity contribution in [3.8, 4) is 0 Å². The lowest BCUT2D eigenvalue weighted by Gasteiger charge is -1.82. The number of nitrogens with zero attached hydrogens (tertiary/aromatic N) is 1. The zero-order valence-corrected chi connectivity index (χ0v) is 4.97. The number of hydrogen-bond donors (Lipinski definition) is 1. The van der Waals surface area contributed by atoms with Crippen LogP contribution in [0.3, 0.4) is 0 Å². The molecule has 4 heteroatoms. The Morgan fingerprint density at radius 2 is 2.56 bits per heavy atom. The van der Waals surface area contributed by atoms with E-state index in [1.54, 1.807) is 6.92 Å². The van der Waals surface area contributed by atoms with Crippen molar-refractivity contribution in [2.75, 3.05) is 0 Å². The average molecular weight is 126 g/mol. The molecule has 1 aromatic rings. The monoisotopic (exact) mass is 126 g/mol. The standard InChI is InChI=1S/C5H6N2O2/c1-3(2)4-6-7-5(8)9-4/h1H2,2H3,(H,7,8). The Kier molecular flexibility index (Phi) is 1.22. The van der Waals surface area contributed by atoms with Gasteiger partial charge in [0.15, 0.2) is 0 Å². The van der Waals surface area contributed by atoms with Crippen LogP contribution in [0.25, 0.3) is 5.57 Å². The van der Waals surface area contributed by atoms with Gasteiger partial charge in [0, 0.05) is 5.57 Å². The van der Waals surface area contributed by atoms with Gasteiger partial charge in [0.1, 0.15) is 0 Å². The second-order valence-electron chi connectivity index (χ2n) is 1.70. The highest BCUT2D eigenvalue weighted by atomic mass is 16.4. The van der Waals surface area contributed by atoms with E-state index in [9.17, 15) is 4.79 Å². The van der Waals surface area contributed by atoms with Crippen molar-refractivity contribution in [1.29, 1.82) is 0 Å². The van der Waals surface area contributed by atoms with Crippen molar-refractivity contribution in [1.82, 2.24) is 10.2 Å². The summed E-state index contributed by atoms with van der Waals surface area (Å²) in [6, 6.07) is 0. The van der Waals surface area contributed by atoms with Crippen LogP contribution in [0.4, 0.5) is 0 Å². The minimum Gasteiger partial charge on any atom is -0.388 e. The van der Waals surface area contributed by atoms with Gasteiger partial charge in [-0.1, -0.05) is 6.58 Å². The van der Waals surface area contributed by atoms with Gasteiger partial charge in [-0.2, -0.15) is 0 Å². The third kappa shape index (κ3) is 1.07. The maximum atomic E-state index is 10.3. The number of nitrogens with one attached hydrogen (secondary N) is 1. The summed E-state index contributed by atoms with van der Waals surface area (Å²) in [6.07, 6.45) is 0. The predicted octanol–water partition coefficient (Wildman–Crippen LogP) is 0.396. The molecule has 0 aliphatic carbocycles. The lowest BCUT2D eigenvalue weighted by Crippen LogP contribution is -1.93. The van der Waals surface area contributed by atoms with Crippen molar-refractivity contribution in [3.05, 3.63) is 23.0 Å². The first-order valence-corrected chi connectivity index (χ1v) is 2.41. The fourth-order valence-electron chi connectivity index (χ4n) is 0.412. The van der Waals surface area contributed by atoms with Crippen LogP contribution < -0.4 is 5.76 Å². The Balaban J connectivity index is 3.12. The molecule has 0 spiro atoms. The van der Waals surface area contributed by atoms with Crippen LogP contribution in [0.2, 0.25) is 0 Å². The first-order chi connectivity index (χ1) is 4.20. The number of allylic oxidation sites excluding steroid dienone is 1. The molecule has 0 bridgehead atoms. The minimum atomic E-state index is -0.548. The molecule has 1 rings (SSSR count). The molecule has 0 aliphatic heterocycles. The van der Waals surface area contributed by atoms with E-state index < -0.39 is 5.76 Å². The van der Waals surface area contributed by atoms with Crippen molar-refractivity contribution in [3.63, 3.8) is 0 Å². The number of rotatable bonds is 1. The SMILES string of the molecule is C=C(C)c1n[nH]c(=O)o1. The van der Waals surface area contributed by atoms with Gasteiger partial charge in [-0.05, 0) is 6.92 Å². The molecule has 0 fully saturated rings. The van der Waals surface area contributed by atoms with Crippen LogP contribution in [0, 0.1) is 0 Å². The maximum Gasteiger partial charge on any atom is 0.434 e. The Morgan fingerprint density at radius 1 is 1.89 bits per heavy atom. The van der Waals surface area contributed by atoms with E-state index in [0.717, 1.165) is 0 Å². The third-order valence-electron chi connectivity index (χ3n) is 0.803. The predicted molar refractivity (Wildman–Crippen MR) is 31.8 cm³/mol. The summed E-state index contributed by atoms with van der Waals surface area (Å²) >= 11 is 0. The van der Waals surface area contributed by atoms with Gasteiger partial charge in [0.2, 0.25) is 5.89 Å². The van der Waals surface area contributed by atoms with Crippen LogP contribution in [-0.4, -0.2) is 10.2 Å². The Hall–Kier alpha value is -1.32. The molecule has 4 nitrogen and oxygen atoms in total. The van der Waals surface area contributed by atoms with Crippen molar-refractivity contribution in [2.45, 2.75) is 6.92 Å². The molecule has 1 heterocycles. The fraction of sp³-hybridized carbons (Fsp3) is 0.200. The van der Waals surface area contributed by atoms with Gasteiger partial charge in [-0.3, -0.25) is 0 Å². The summed E-state index contributed by atoms with van der Waals surface area (Å²) in [5.74, 6) is -0.284. The van der Waals surface area contributed by atoms with Gasteiger partial charge in [-0.15, -0.1) is 5.10 Å². The largest absolute Gasteiger partial charge is 0.434 e.